The van der Waals surface area contributed by atoms with Gasteiger partial charge in [-0.3, -0.25) is 24.2 Å². The van der Waals surface area contributed by atoms with Gasteiger partial charge in [-0.05, 0) is 72.5 Å². The molecule has 8 rings (SSSR count). The number of carbonyl (C=O) groups is 5. The predicted molar refractivity (Wildman–Crippen MR) is 168 cm³/mol. The van der Waals surface area contributed by atoms with Gasteiger partial charge in [-0.25, -0.2) is 4.79 Å². The average molecular weight is 615 g/mol. The lowest BCUT2D eigenvalue weighted by atomic mass is 9.83. The number of H-pyrrole nitrogens is 2. The largest absolute Gasteiger partial charge is 0.464 e. The number of nitrogens with zero attached hydrogens (tertiary/aromatic N) is 2. The number of methoxy groups -OCH3 is 1. The smallest absolute Gasteiger partial charge is 0.354 e. The Kier molecular flexibility index (Phi) is 5.82. The van der Waals surface area contributed by atoms with Crippen LogP contribution in [0, 0.1) is 5.92 Å². The van der Waals surface area contributed by atoms with Gasteiger partial charge in [-0.1, -0.05) is 0 Å². The fourth-order valence-corrected chi connectivity index (χ4v) is 6.88. The summed E-state index contributed by atoms with van der Waals surface area (Å²) in [5.41, 5.74) is 4.73. The number of hydrogen-bond acceptors (Lipinski definition) is 7. The summed E-state index contributed by atoms with van der Waals surface area (Å²) in [6, 6.07) is 15.6. The van der Waals surface area contributed by atoms with Gasteiger partial charge in [0.1, 0.15) is 17.1 Å². The molecule has 0 bridgehead atoms. The number of aromatic amines is 2. The SMILES string of the molecule is COC(=O)c1cc2cc(NC(=O)c3cc4cc(NC(=O)c5cnc6c(c5)[C@@]57C[C@@H]5CN(C(C)=O)C7=CC6=O)ccc4[nH]3)ccc2[nH]1. The van der Waals surface area contributed by atoms with Crippen molar-refractivity contribution in [1.82, 2.24) is 19.9 Å². The standard InChI is InChI=1S/C34H26N6O6/c1-16(41)40-15-20-13-34(20)23-9-19(14-35-30(23)28(42)12-29(34)40)31(43)36-21-3-5-24-17(7-21)10-26(38-24)32(44)37-22-4-6-25-18(8-22)11-27(39-25)33(45)46-2/h3-12,14,20,38-39H,13,15H2,1-2H3,(H,36,43)(H,37,44)/t20-,34-/m1/s1. The Balaban J connectivity index is 0.999. The molecule has 3 aromatic heterocycles. The van der Waals surface area contributed by atoms with E-state index in [2.05, 4.69) is 25.6 Å². The predicted octanol–water partition coefficient (Wildman–Crippen LogP) is 4.54. The lowest BCUT2D eigenvalue weighted by Crippen LogP contribution is -2.32. The number of esters is 1. The van der Waals surface area contributed by atoms with Crippen molar-refractivity contribution in [1.29, 1.82) is 0 Å². The molecule has 1 aliphatic heterocycles. The first kappa shape index (κ1) is 27.5. The fourth-order valence-electron chi connectivity index (χ4n) is 6.88. The highest BCUT2D eigenvalue weighted by Gasteiger charge is 2.67. The summed E-state index contributed by atoms with van der Waals surface area (Å²) in [7, 11) is 1.31. The first-order valence-electron chi connectivity index (χ1n) is 14.7. The molecule has 228 valence electrons. The molecular formula is C34H26N6O6. The molecule has 0 unspecified atom stereocenters. The number of aromatic nitrogens is 3. The third kappa shape index (κ3) is 4.14. The van der Waals surface area contributed by atoms with Crippen molar-refractivity contribution in [3.8, 4) is 0 Å². The van der Waals surface area contributed by atoms with Gasteiger partial charge in [0, 0.05) is 70.0 Å². The Labute approximate surface area is 260 Å². The van der Waals surface area contributed by atoms with Crippen molar-refractivity contribution in [2.75, 3.05) is 24.3 Å². The Hall–Kier alpha value is -6.04. The van der Waals surface area contributed by atoms with E-state index in [9.17, 15) is 24.0 Å². The van der Waals surface area contributed by atoms with Crippen molar-refractivity contribution < 1.29 is 28.7 Å². The number of anilines is 2. The van der Waals surface area contributed by atoms with Gasteiger partial charge >= 0.3 is 5.97 Å². The molecule has 1 saturated carbocycles. The second-order valence-electron chi connectivity index (χ2n) is 11.9. The van der Waals surface area contributed by atoms with Crippen LogP contribution >= 0.6 is 0 Å². The number of piperidine rings is 1. The number of carbonyl (C=O) groups excluding carboxylic acids is 5. The molecule has 12 nitrogen and oxygen atoms in total. The van der Waals surface area contributed by atoms with Gasteiger partial charge in [-0.15, -0.1) is 0 Å². The minimum absolute atomic E-state index is 0.106. The fraction of sp³-hybridized carbons (Fsp3) is 0.176. The number of allylic oxidation sites excluding steroid dienone is 2. The van der Waals surface area contributed by atoms with E-state index in [1.165, 1.54) is 26.3 Å². The number of hydrogen-bond donors (Lipinski definition) is 4. The van der Waals surface area contributed by atoms with Crippen LogP contribution in [0.1, 0.15) is 60.7 Å². The van der Waals surface area contributed by atoms with E-state index in [0.29, 0.717) is 62.7 Å². The number of benzene rings is 2. The number of nitrogens with one attached hydrogen (secondary N) is 4. The van der Waals surface area contributed by atoms with Crippen molar-refractivity contribution in [3.05, 3.63) is 101 Å². The van der Waals surface area contributed by atoms with Crippen LogP contribution in [0.25, 0.3) is 21.8 Å². The highest BCUT2D eigenvalue weighted by Crippen LogP contribution is 2.66. The summed E-state index contributed by atoms with van der Waals surface area (Å²) in [6.07, 6.45) is 3.73. The zero-order chi connectivity index (χ0) is 31.9. The van der Waals surface area contributed by atoms with Crippen molar-refractivity contribution >= 4 is 62.7 Å². The number of likely N-dealkylation sites (tertiary alicyclic amines) is 1. The molecule has 2 atom stereocenters. The molecule has 3 amide bonds. The lowest BCUT2D eigenvalue weighted by molar-refractivity contribution is -0.126. The van der Waals surface area contributed by atoms with Crippen LogP contribution in [0.3, 0.4) is 0 Å². The summed E-state index contributed by atoms with van der Waals surface area (Å²) in [6.45, 7) is 2.05. The highest BCUT2D eigenvalue weighted by atomic mass is 16.5. The van der Waals surface area contributed by atoms with Crippen molar-refractivity contribution in [2.24, 2.45) is 5.92 Å². The second kappa shape index (κ2) is 9.73. The van der Waals surface area contributed by atoms with E-state index in [-0.39, 0.29) is 23.5 Å². The van der Waals surface area contributed by atoms with E-state index in [1.807, 2.05) is 0 Å². The zero-order valence-corrected chi connectivity index (χ0v) is 24.7. The van der Waals surface area contributed by atoms with Crippen LogP contribution < -0.4 is 10.6 Å². The number of fused-ring (bicyclic) bond motifs is 3. The quantitative estimate of drug-likeness (QED) is 0.211. The third-order valence-corrected chi connectivity index (χ3v) is 9.17. The first-order chi connectivity index (χ1) is 22.1. The van der Waals surface area contributed by atoms with Crippen LogP contribution in [-0.2, 0) is 14.9 Å². The van der Waals surface area contributed by atoms with E-state index in [4.69, 9.17) is 4.74 Å². The van der Waals surface area contributed by atoms with Gasteiger partial charge in [-0.2, -0.15) is 0 Å². The maximum absolute atomic E-state index is 13.4. The van der Waals surface area contributed by atoms with Crippen LogP contribution in [-0.4, -0.2) is 63.0 Å². The first-order valence-corrected chi connectivity index (χ1v) is 14.7. The molecule has 5 aromatic rings. The zero-order valence-electron chi connectivity index (χ0n) is 24.7. The minimum atomic E-state index is -0.482. The van der Waals surface area contributed by atoms with Crippen LogP contribution in [0.2, 0.25) is 0 Å². The van der Waals surface area contributed by atoms with E-state index in [1.54, 1.807) is 59.5 Å². The Morgan fingerprint density at radius 3 is 2.24 bits per heavy atom. The number of ether oxygens (including phenoxy) is 1. The lowest BCUT2D eigenvalue weighted by Gasteiger charge is -2.28. The molecule has 2 aromatic carbocycles. The molecule has 1 spiro atoms. The number of amides is 3. The summed E-state index contributed by atoms with van der Waals surface area (Å²) in [4.78, 5) is 75.5. The molecule has 0 radical (unpaired) electrons. The van der Waals surface area contributed by atoms with Gasteiger partial charge < -0.3 is 30.2 Å². The Bertz CT molecular complexity index is 2240. The molecule has 2 fully saturated rings. The number of rotatable bonds is 5. The summed E-state index contributed by atoms with van der Waals surface area (Å²) in [5, 5.41) is 7.22. The van der Waals surface area contributed by atoms with E-state index >= 15 is 0 Å². The molecule has 12 heteroatoms. The normalized spacial score (nSPS) is 19.3. The highest BCUT2D eigenvalue weighted by molar-refractivity contribution is 6.11. The van der Waals surface area contributed by atoms with E-state index < -0.39 is 17.3 Å². The van der Waals surface area contributed by atoms with Crippen LogP contribution in [0.4, 0.5) is 11.4 Å². The average Bonchev–Trinajstić information content (AvgIpc) is 3.33. The molecule has 46 heavy (non-hydrogen) atoms. The van der Waals surface area contributed by atoms with E-state index in [0.717, 1.165) is 17.3 Å². The summed E-state index contributed by atoms with van der Waals surface area (Å²) >= 11 is 0. The van der Waals surface area contributed by atoms with Gasteiger partial charge in [0.25, 0.3) is 11.8 Å². The number of pyridine rings is 1. The maximum Gasteiger partial charge on any atom is 0.354 e. The maximum atomic E-state index is 13.4. The molecule has 3 aliphatic rings. The van der Waals surface area contributed by atoms with Crippen molar-refractivity contribution in [3.63, 3.8) is 0 Å². The summed E-state index contributed by atoms with van der Waals surface area (Å²) in [5.74, 6) is -1.40. The molecular weight excluding hydrogens is 588 g/mol. The molecule has 4 heterocycles. The topological polar surface area (TPSA) is 166 Å². The van der Waals surface area contributed by atoms with Crippen LogP contribution in [0.5, 0.6) is 0 Å². The van der Waals surface area contributed by atoms with Gasteiger partial charge in [0.2, 0.25) is 11.7 Å². The minimum Gasteiger partial charge on any atom is -0.464 e. The number of ketones is 1. The molecule has 2 aliphatic carbocycles. The monoisotopic (exact) mass is 614 g/mol. The molecule has 4 N–H and O–H groups in total. The molecule has 1 saturated heterocycles. The van der Waals surface area contributed by atoms with Gasteiger partial charge in [0.05, 0.1) is 12.7 Å². The second-order valence-corrected chi connectivity index (χ2v) is 11.9. The third-order valence-electron chi connectivity index (χ3n) is 9.17. The summed E-state index contributed by atoms with van der Waals surface area (Å²) < 4.78 is 4.76. The van der Waals surface area contributed by atoms with Gasteiger partial charge in [0.15, 0.2) is 0 Å². The Morgan fingerprint density at radius 1 is 0.913 bits per heavy atom. The van der Waals surface area contributed by atoms with Crippen molar-refractivity contribution in [2.45, 2.75) is 18.8 Å². The Morgan fingerprint density at radius 2 is 1.57 bits per heavy atom. The van der Waals surface area contributed by atoms with Crippen LogP contribution in [0.15, 0.2) is 72.6 Å².